The van der Waals surface area contributed by atoms with Gasteiger partial charge in [0.2, 0.25) is 11.8 Å². The summed E-state index contributed by atoms with van der Waals surface area (Å²) in [6, 6.07) is 16.0. The van der Waals surface area contributed by atoms with Gasteiger partial charge >= 0.3 is 11.9 Å². The number of para-hydroxylation sites is 1. The molecule has 13 nitrogen and oxygen atoms in total. The van der Waals surface area contributed by atoms with Gasteiger partial charge in [-0.25, -0.2) is 14.6 Å². The molecule has 4 aromatic rings. The first-order chi connectivity index (χ1) is 22.9. The Bertz CT molecular complexity index is 1750. The summed E-state index contributed by atoms with van der Waals surface area (Å²) in [5.74, 6) is -2.20. The number of aliphatic carboxylic acids is 2. The van der Waals surface area contributed by atoms with Crippen LogP contribution in [-0.4, -0.2) is 96.3 Å². The van der Waals surface area contributed by atoms with Gasteiger partial charge in [-0.05, 0) is 63.5 Å². The van der Waals surface area contributed by atoms with Crippen molar-refractivity contribution < 1.29 is 29.4 Å². The fourth-order valence-electron chi connectivity index (χ4n) is 5.66. The molecule has 5 rings (SSSR count). The van der Waals surface area contributed by atoms with E-state index in [1.165, 1.54) is 0 Å². The number of benzene rings is 2. The Labute approximate surface area is 278 Å². The topological polar surface area (TPSA) is 177 Å². The highest BCUT2D eigenvalue weighted by molar-refractivity contribution is 6.03. The summed E-state index contributed by atoms with van der Waals surface area (Å²) < 4.78 is 3.73. The Morgan fingerprint density at radius 3 is 2.19 bits per heavy atom. The van der Waals surface area contributed by atoms with E-state index in [4.69, 9.17) is 20.9 Å². The molecular weight excluding hydrogens is 614 g/mol. The minimum absolute atomic E-state index is 0.206. The van der Waals surface area contributed by atoms with Crippen molar-refractivity contribution in [3.8, 4) is 28.2 Å². The number of nitrogens with two attached hydrogens (primary N) is 1. The molecular formula is C35H41N7O6. The van der Waals surface area contributed by atoms with Gasteiger partial charge in [0, 0.05) is 74.0 Å². The van der Waals surface area contributed by atoms with Gasteiger partial charge in [-0.3, -0.25) is 18.8 Å². The Morgan fingerprint density at radius 2 is 1.62 bits per heavy atom. The van der Waals surface area contributed by atoms with Crippen LogP contribution in [0.4, 0.5) is 0 Å². The van der Waals surface area contributed by atoms with Gasteiger partial charge in [-0.1, -0.05) is 30.3 Å². The van der Waals surface area contributed by atoms with Crippen molar-refractivity contribution in [3.63, 3.8) is 0 Å². The molecule has 4 N–H and O–H groups in total. The third-order valence-electron chi connectivity index (χ3n) is 8.10. The number of aryl methyl sites for hydroxylation is 2. The maximum atomic E-state index is 12.9. The minimum atomic E-state index is -1.26. The Balaban J connectivity index is 0.000000579. The van der Waals surface area contributed by atoms with Gasteiger partial charge < -0.3 is 25.7 Å². The van der Waals surface area contributed by atoms with E-state index >= 15 is 0 Å². The van der Waals surface area contributed by atoms with Gasteiger partial charge in [-0.2, -0.15) is 5.10 Å². The second-order valence-electron chi connectivity index (χ2n) is 11.7. The smallest absolute Gasteiger partial charge is 0.328 e. The van der Waals surface area contributed by atoms with Crippen LogP contribution in [-0.2, 0) is 27.9 Å². The predicted molar refractivity (Wildman–Crippen MR) is 180 cm³/mol. The fourth-order valence-corrected chi connectivity index (χ4v) is 5.66. The Kier molecular flexibility index (Phi) is 12.0. The summed E-state index contributed by atoms with van der Waals surface area (Å²) in [4.78, 5) is 53.9. The van der Waals surface area contributed by atoms with Crippen LogP contribution in [0, 0.1) is 0 Å². The fraction of sp³-hybridized carbons (Fsp3) is 0.314. The first kappa shape index (κ1) is 35.3. The monoisotopic (exact) mass is 655 g/mol. The molecule has 1 aliphatic heterocycles. The van der Waals surface area contributed by atoms with E-state index in [-0.39, 0.29) is 5.91 Å². The van der Waals surface area contributed by atoms with Crippen molar-refractivity contribution in [2.24, 2.45) is 12.8 Å². The molecule has 3 heterocycles. The van der Waals surface area contributed by atoms with Crippen molar-refractivity contribution >= 4 is 23.8 Å². The summed E-state index contributed by atoms with van der Waals surface area (Å²) in [5, 5.41) is 20.0. The molecule has 0 unspecified atom stereocenters. The molecule has 2 amide bonds. The number of carbonyl (C=O) groups is 4. The minimum Gasteiger partial charge on any atom is -0.478 e. The number of imidazole rings is 1. The number of aromatic nitrogens is 4. The number of carbonyl (C=O) groups excluding carboxylic acids is 2. The highest BCUT2D eigenvalue weighted by atomic mass is 16.4. The zero-order chi connectivity index (χ0) is 34.8. The number of hydrogen-bond donors (Lipinski definition) is 3. The molecule has 48 heavy (non-hydrogen) atoms. The zero-order valence-electron chi connectivity index (χ0n) is 27.3. The quantitative estimate of drug-likeness (QED) is 0.204. The normalized spacial score (nSPS) is 13.4. The average Bonchev–Trinajstić information content (AvgIpc) is 3.70. The SMILES string of the molecule is CN(C)C1CCN(C(=O)CCCc2cn(-c3ccccc3)c(-c3c(C(N)=O)cccc3-c3cnn(C)c3)n2)CC1.O=C(O)/C=C/C(=O)O. The molecule has 0 bridgehead atoms. The van der Waals surface area contributed by atoms with Gasteiger partial charge in [-0.15, -0.1) is 0 Å². The second-order valence-corrected chi connectivity index (χ2v) is 11.7. The molecule has 13 heteroatoms. The summed E-state index contributed by atoms with van der Waals surface area (Å²) >= 11 is 0. The highest BCUT2D eigenvalue weighted by Crippen LogP contribution is 2.36. The molecule has 2 aromatic carbocycles. The van der Waals surface area contributed by atoms with Crippen LogP contribution < -0.4 is 5.73 Å². The number of primary amides is 1. The number of nitrogens with zero attached hydrogens (tertiary/aromatic N) is 6. The number of rotatable bonds is 11. The van der Waals surface area contributed by atoms with E-state index < -0.39 is 17.8 Å². The maximum Gasteiger partial charge on any atom is 0.328 e. The van der Waals surface area contributed by atoms with E-state index in [1.807, 2.05) is 71.4 Å². The molecule has 0 saturated carbocycles. The summed E-state index contributed by atoms with van der Waals surface area (Å²) in [5.41, 5.74) is 10.4. The van der Waals surface area contributed by atoms with Gasteiger partial charge in [0.25, 0.3) is 0 Å². The van der Waals surface area contributed by atoms with Gasteiger partial charge in [0.05, 0.1) is 17.5 Å². The number of hydrogen-bond acceptors (Lipinski definition) is 7. The number of carboxylic acid groups (broad SMARTS) is 2. The third kappa shape index (κ3) is 9.26. The van der Waals surface area contributed by atoms with Crippen LogP contribution >= 0.6 is 0 Å². The van der Waals surface area contributed by atoms with Crippen LogP contribution in [0.5, 0.6) is 0 Å². The Morgan fingerprint density at radius 1 is 0.958 bits per heavy atom. The van der Waals surface area contributed by atoms with Crippen LogP contribution in [0.1, 0.15) is 41.7 Å². The first-order valence-electron chi connectivity index (χ1n) is 15.6. The standard InChI is InChI=1S/C31H37N7O2.C4H4O4/c1-35(2)24-15-17-37(18-16-24)28(39)14-7-9-23-21-38(25-10-5-4-6-11-25)31(34-23)29-26(22-19-33-36(3)20-22)12-8-13-27(29)30(32)40;5-3(6)1-2-4(7)8/h4-6,8,10-13,19-21,24H,7,9,14-18H2,1-3H3,(H2,32,40);1-2H,(H,5,6)(H,7,8)/b;2-1+. The molecule has 0 aliphatic carbocycles. The maximum absolute atomic E-state index is 12.9. The molecule has 1 fully saturated rings. The van der Waals surface area contributed by atoms with Gasteiger partial charge in [0.1, 0.15) is 5.82 Å². The lowest BCUT2D eigenvalue weighted by Gasteiger charge is -2.35. The first-order valence-corrected chi connectivity index (χ1v) is 15.6. The van der Waals surface area contributed by atoms with E-state index in [2.05, 4.69) is 24.1 Å². The number of amides is 2. The van der Waals surface area contributed by atoms with Crippen molar-refractivity contribution in [3.05, 3.63) is 90.5 Å². The molecule has 1 aliphatic rings. The summed E-state index contributed by atoms with van der Waals surface area (Å²) in [6.45, 7) is 1.63. The predicted octanol–water partition coefficient (Wildman–Crippen LogP) is 3.63. The Hall–Kier alpha value is -5.56. The third-order valence-corrected chi connectivity index (χ3v) is 8.10. The van der Waals surface area contributed by atoms with E-state index in [0.717, 1.165) is 48.4 Å². The van der Waals surface area contributed by atoms with Crippen molar-refractivity contribution in [1.29, 1.82) is 0 Å². The number of piperidine rings is 1. The van der Waals surface area contributed by atoms with Crippen LogP contribution in [0.15, 0.2) is 79.3 Å². The largest absolute Gasteiger partial charge is 0.478 e. The lowest BCUT2D eigenvalue weighted by atomic mass is 9.96. The lowest BCUT2D eigenvalue weighted by molar-refractivity contribution is -0.134. The van der Waals surface area contributed by atoms with Crippen LogP contribution in [0.2, 0.25) is 0 Å². The van der Waals surface area contributed by atoms with E-state index in [9.17, 15) is 19.2 Å². The van der Waals surface area contributed by atoms with E-state index in [0.29, 0.717) is 54.4 Å². The average molecular weight is 656 g/mol. The summed E-state index contributed by atoms with van der Waals surface area (Å²) in [7, 11) is 6.06. The lowest BCUT2D eigenvalue weighted by Crippen LogP contribution is -2.44. The number of likely N-dealkylation sites (tertiary alicyclic amines) is 1. The van der Waals surface area contributed by atoms with Crippen molar-refractivity contribution in [2.45, 2.75) is 38.1 Å². The van der Waals surface area contributed by atoms with Crippen LogP contribution in [0.25, 0.3) is 28.2 Å². The summed E-state index contributed by atoms with van der Waals surface area (Å²) in [6.07, 6.45) is 10.7. The molecule has 252 valence electrons. The van der Waals surface area contributed by atoms with Crippen LogP contribution in [0.3, 0.4) is 0 Å². The molecule has 0 atom stereocenters. The zero-order valence-corrected chi connectivity index (χ0v) is 27.3. The van der Waals surface area contributed by atoms with Crippen molar-refractivity contribution in [2.75, 3.05) is 27.2 Å². The molecule has 2 aromatic heterocycles. The van der Waals surface area contributed by atoms with Gasteiger partial charge in [0.15, 0.2) is 0 Å². The second kappa shape index (κ2) is 16.3. The molecule has 0 radical (unpaired) electrons. The van der Waals surface area contributed by atoms with E-state index in [1.54, 1.807) is 16.9 Å². The highest BCUT2D eigenvalue weighted by Gasteiger charge is 2.25. The molecule has 1 saturated heterocycles. The molecule has 0 spiro atoms. The van der Waals surface area contributed by atoms with Crippen molar-refractivity contribution in [1.82, 2.24) is 29.1 Å². The number of carboxylic acids is 2.